The first-order valence-corrected chi connectivity index (χ1v) is 12.4. The molecule has 0 saturated heterocycles. The largest absolute Gasteiger partial charge is 0.352 e. The molecule has 34 heavy (non-hydrogen) atoms. The van der Waals surface area contributed by atoms with E-state index in [1.165, 1.54) is 0 Å². The van der Waals surface area contributed by atoms with E-state index < -0.39 is 6.04 Å². The lowest BCUT2D eigenvalue weighted by atomic mass is 10.0. The molecule has 0 unspecified atom stereocenters. The van der Waals surface area contributed by atoms with Crippen LogP contribution in [0.3, 0.4) is 0 Å². The number of carbonyl (C=O) groups is 2. The first-order valence-electron chi connectivity index (χ1n) is 12.0. The second kappa shape index (κ2) is 11.8. The highest BCUT2D eigenvalue weighted by molar-refractivity contribution is 6.31. The zero-order valence-corrected chi connectivity index (χ0v) is 20.1. The molecule has 1 saturated carbocycles. The SMILES string of the molecule is O=C(NC1CCCC1)[C@@H](Cc1ccccc1)N(Cc1ccccc1)C(=O)Cc1ccccc1Cl. The predicted molar refractivity (Wildman–Crippen MR) is 136 cm³/mol. The van der Waals surface area contributed by atoms with E-state index in [-0.39, 0.29) is 24.3 Å². The number of rotatable bonds is 9. The molecule has 1 atom stereocenters. The summed E-state index contributed by atoms with van der Waals surface area (Å²) in [4.78, 5) is 29.1. The Morgan fingerprint density at radius 3 is 2.09 bits per heavy atom. The van der Waals surface area contributed by atoms with Crippen molar-refractivity contribution in [3.05, 3.63) is 107 Å². The van der Waals surface area contributed by atoms with Gasteiger partial charge >= 0.3 is 0 Å². The molecule has 0 aliphatic heterocycles. The monoisotopic (exact) mass is 474 g/mol. The number of amides is 2. The Morgan fingerprint density at radius 2 is 1.44 bits per heavy atom. The van der Waals surface area contributed by atoms with Gasteiger partial charge in [-0.15, -0.1) is 0 Å². The minimum atomic E-state index is -0.613. The molecule has 3 aromatic rings. The van der Waals surface area contributed by atoms with Crippen LogP contribution in [0.4, 0.5) is 0 Å². The average molecular weight is 475 g/mol. The zero-order chi connectivity index (χ0) is 23.8. The standard InChI is InChI=1S/C29H31ClN2O2/c30-26-18-10-7-15-24(26)20-28(33)32(21-23-13-5-2-6-14-23)27(19-22-11-3-1-4-12-22)29(34)31-25-16-8-9-17-25/h1-7,10-15,18,25,27H,8-9,16-17,19-21H2,(H,31,34)/t27-/m1/s1. The summed E-state index contributed by atoms with van der Waals surface area (Å²) < 4.78 is 0. The van der Waals surface area contributed by atoms with Crippen LogP contribution in [0.2, 0.25) is 5.02 Å². The van der Waals surface area contributed by atoms with Crippen LogP contribution in [0.25, 0.3) is 0 Å². The summed E-state index contributed by atoms with van der Waals surface area (Å²) in [7, 11) is 0. The van der Waals surface area contributed by atoms with Crippen LogP contribution in [0.5, 0.6) is 0 Å². The number of nitrogens with zero attached hydrogens (tertiary/aromatic N) is 1. The average Bonchev–Trinajstić information content (AvgIpc) is 3.37. The Kier molecular flexibility index (Phi) is 8.37. The van der Waals surface area contributed by atoms with Crippen molar-refractivity contribution in [2.75, 3.05) is 0 Å². The maximum Gasteiger partial charge on any atom is 0.243 e. The van der Waals surface area contributed by atoms with Crippen LogP contribution in [0.1, 0.15) is 42.4 Å². The van der Waals surface area contributed by atoms with E-state index in [0.29, 0.717) is 18.0 Å². The molecule has 4 nitrogen and oxygen atoms in total. The van der Waals surface area contributed by atoms with Gasteiger partial charge in [0.25, 0.3) is 0 Å². The predicted octanol–water partition coefficient (Wildman–Crippen LogP) is 5.58. The summed E-state index contributed by atoms with van der Waals surface area (Å²) in [6.07, 6.45) is 4.86. The van der Waals surface area contributed by atoms with E-state index in [2.05, 4.69) is 5.32 Å². The fraction of sp³-hybridized carbons (Fsp3) is 0.310. The van der Waals surface area contributed by atoms with E-state index in [9.17, 15) is 9.59 Å². The number of hydrogen-bond acceptors (Lipinski definition) is 2. The topological polar surface area (TPSA) is 49.4 Å². The third-order valence-electron chi connectivity index (χ3n) is 6.47. The molecule has 0 heterocycles. The molecule has 3 aromatic carbocycles. The van der Waals surface area contributed by atoms with Gasteiger partial charge in [0.1, 0.15) is 6.04 Å². The highest BCUT2D eigenvalue weighted by Crippen LogP contribution is 2.22. The second-order valence-electron chi connectivity index (χ2n) is 8.97. The fourth-order valence-corrected chi connectivity index (χ4v) is 4.81. The first-order chi connectivity index (χ1) is 16.6. The maximum absolute atomic E-state index is 13.7. The van der Waals surface area contributed by atoms with Crippen LogP contribution in [0, 0.1) is 0 Å². The van der Waals surface area contributed by atoms with E-state index >= 15 is 0 Å². The number of benzene rings is 3. The lowest BCUT2D eigenvalue weighted by Crippen LogP contribution is -2.52. The van der Waals surface area contributed by atoms with Gasteiger partial charge in [-0.05, 0) is 35.6 Å². The van der Waals surface area contributed by atoms with Gasteiger partial charge in [0.2, 0.25) is 11.8 Å². The summed E-state index contributed by atoms with van der Waals surface area (Å²) >= 11 is 6.37. The molecule has 5 heteroatoms. The van der Waals surface area contributed by atoms with Gasteiger partial charge in [-0.1, -0.05) is 103 Å². The smallest absolute Gasteiger partial charge is 0.243 e. The van der Waals surface area contributed by atoms with E-state index in [4.69, 9.17) is 11.6 Å². The molecular formula is C29H31ClN2O2. The molecule has 176 valence electrons. The van der Waals surface area contributed by atoms with Gasteiger partial charge in [0, 0.05) is 24.0 Å². The van der Waals surface area contributed by atoms with Gasteiger partial charge in [0.05, 0.1) is 6.42 Å². The molecule has 2 amide bonds. The highest BCUT2D eigenvalue weighted by Gasteiger charge is 2.32. The summed E-state index contributed by atoms with van der Waals surface area (Å²) in [6, 6.07) is 26.7. The fourth-order valence-electron chi connectivity index (χ4n) is 4.61. The summed E-state index contributed by atoms with van der Waals surface area (Å²) in [5.41, 5.74) is 2.78. The molecule has 1 N–H and O–H groups in total. The lowest BCUT2D eigenvalue weighted by Gasteiger charge is -2.32. The van der Waals surface area contributed by atoms with Crippen LogP contribution >= 0.6 is 11.6 Å². The third-order valence-corrected chi connectivity index (χ3v) is 6.84. The van der Waals surface area contributed by atoms with E-state index in [0.717, 1.165) is 42.4 Å². The van der Waals surface area contributed by atoms with Crippen molar-refractivity contribution in [3.8, 4) is 0 Å². The van der Waals surface area contributed by atoms with Crippen LogP contribution in [0.15, 0.2) is 84.9 Å². The van der Waals surface area contributed by atoms with Crippen molar-refractivity contribution in [2.45, 2.75) is 57.2 Å². The maximum atomic E-state index is 13.7. The molecule has 0 aromatic heterocycles. The van der Waals surface area contributed by atoms with Crippen molar-refractivity contribution >= 4 is 23.4 Å². The Morgan fingerprint density at radius 1 is 0.853 bits per heavy atom. The molecule has 0 spiro atoms. The molecule has 1 fully saturated rings. The Balaban J connectivity index is 1.65. The van der Waals surface area contributed by atoms with Gasteiger partial charge in [0.15, 0.2) is 0 Å². The molecule has 4 rings (SSSR count). The second-order valence-corrected chi connectivity index (χ2v) is 9.38. The summed E-state index contributed by atoms with van der Waals surface area (Å²) in [6.45, 7) is 0.361. The molecule has 1 aliphatic rings. The van der Waals surface area contributed by atoms with Crippen molar-refractivity contribution in [1.29, 1.82) is 0 Å². The van der Waals surface area contributed by atoms with Gasteiger partial charge in [-0.3, -0.25) is 9.59 Å². The Bertz CT molecular complexity index is 1080. The van der Waals surface area contributed by atoms with Crippen LogP contribution in [-0.4, -0.2) is 28.8 Å². The Labute approximate surface area is 206 Å². The first kappa shape index (κ1) is 24.0. The van der Waals surface area contributed by atoms with Crippen LogP contribution in [-0.2, 0) is 29.0 Å². The molecule has 0 bridgehead atoms. The number of carbonyl (C=O) groups excluding carboxylic acids is 2. The summed E-state index contributed by atoms with van der Waals surface area (Å²) in [5, 5.41) is 3.80. The zero-order valence-electron chi connectivity index (χ0n) is 19.3. The number of hydrogen-bond donors (Lipinski definition) is 1. The van der Waals surface area contributed by atoms with Crippen molar-refractivity contribution in [2.24, 2.45) is 0 Å². The Hall–Kier alpha value is -3.11. The number of halogens is 1. The van der Waals surface area contributed by atoms with Crippen molar-refractivity contribution in [3.63, 3.8) is 0 Å². The lowest BCUT2D eigenvalue weighted by molar-refractivity contribution is -0.141. The van der Waals surface area contributed by atoms with Gasteiger partial charge in [-0.2, -0.15) is 0 Å². The van der Waals surface area contributed by atoms with Gasteiger partial charge in [-0.25, -0.2) is 0 Å². The third kappa shape index (κ3) is 6.48. The van der Waals surface area contributed by atoms with Gasteiger partial charge < -0.3 is 10.2 Å². The minimum Gasteiger partial charge on any atom is -0.352 e. The molecular weight excluding hydrogens is 444 g/mol. The van der Waals surface area contributed by atoms with E-state index in [1.807, 2.05) is 78.9 Å². The minimum absolute atomic E-state index is 0.0841. The highest BCUT2D eigenvalue weighted by atomic mass is 35.5. The van der Waals surface area contributed by atoms with Crippen molar-refractivity contribution in [1.82, 2.24) is 10.2 Å². The van der Waals surface area contributed by atoms with E-state index in [1.54, 1.807) is 11.0 Å². The molecule has 1 aliphatic carbocycles. The van der Waals surface area contributed by atoms with Crippen LogP contribution < -0.4 is 5.32 Å². The quantitative estimate of drug-likeness (QED) is 0.440. The number of nitrogens with one attached hydrogen (secondary N) is 1. The van der Waals surface area contributed by atoms with Crippen molar-refractivity contribution < 1.29 is 9.59 Å². The summed E-state index contributed by atoms with van der Waals surface area (Å²) in [5.74, 6) is -0.196. The normalized spacial score (nSPS) is 14.5. The molecule has 0 radical (unpaired) electrons.